The lowest BCUT2D eigenvalue weighted by molar-refractivity contribution is 0.179. The smallest absolute Gasteiger partial charge is 0.0233 e. The molecule has 1 aliphatic carbocycles. The van der Waals surface area contributed by atoms with Crippen LogP contribution in [0.15, 0.2) is 30.3 Å². The Kier molecular flexibility index (Phi) is 5.28. The number of nitrogens with two attached hydrogens (primary N) is 1. The van der Waals surface area contributed by atoms with Crippen LogP contribution in [0.1, 0.15) is 37.7 Å². The second kappa shape index (κ2) is 7.39. The highest BCUT2D eigenvalue weighted by Crippen LogP contribution is 2.26. The van der Waals surface area contributed by atoms with E-state index in [2.05, 4.69) is 40.5 Å². The number of rotatable bonds is 5. The van der Waals surface area contributed by atoms with Crippen molar-refractivity contribution in [3.63, 3.8) is 0 Å². The number of piperidine rings is 1. The van der Waals surface area contributed by atoms with Crippen molar-refractivity contribution in [1.82, 2.24) is 10.2 Å². The Morgan fingerprint density at radius 2 is 1.81 bits per heavy atom. The first-order valence-electron chi connectivity index (χ1n) is 8.57. The molecule has 1 heterocycles. The number of likely N-dealkylation sites (tertiary alicyclic amines) is 1. The Morgan fingerprint density at radius 3 is 2.52 bits per heavy atom. The molecular weight excluding hydrogens is 258 g/mol. The summed E-state index contributed by atoms with van der Waals surface area (Å²) in [5.74, 6) is 0.715. The first-order valence-corrected chi connectivity index (χ1v) is 8.57. The van der Waals surface area contributed by atoms with Gasteiger partial charge in [0.2, 0.25) is 0 Å². The zero-order valence-electron chi connectivity index (χ0n) is 13.0. The van der Waals surface area contributed by atoms with Gasteiger partial charge in [0.05, 0.1) is 0 Å². The van der Waals surface area contributed by atoms with E-state index in [4.69, 9.17) is 5.73 Å². The van der Waals surface area contributed by atoms with Crippen molar-refractivity contribution in [2.75, 3.05) is 19.6 Å². The normalized spacial score (nSPS) is 28.0. The van der Waals surface area contributed by atoms with Gasteiger partial charge in [-0.05, 0) is 56.8 Å². The molecule has 1 aliphatic heterocycles. The standard InChI is InChI=1S/C18H29N3/c19-13-16-7-4-8-18(16)20-17-9-11-21(12-10-17)14-15-5-2-1-3-6-15/h1-3,5-6,16-18,20H,4,7-14,19H2. The van der Waals surface area contributed by atoms with Gasteiger partial charge in [0.25, 0.3) is 0 Å². The molecule has 1 aromatic rings. The summed E-state index contributed by atoms with van der Waals surface area (Å²) in [6.07, 6.45) is 6.56. The summed E-state index contributed by atoms with van der Waals surface area (Å²) < 4.78 is 0. The molecule has 2 atom stereocenters. The van der Waals surface area contributed by atoms with Crippen molar-refractivity contribution in [1.29, 1.82) is 0 Å². The average Bonchev–Trinajstić information content (AvgIpc) is 2.97. The maximum absolute atomic E-state index is 5.89. The second-order valence-electron chi connectivity index (χ2n) is 6.74. The molecule has 1 saturated carbocycles. The van der Waals surface area contributed by atoms with E-state index in [0.717, 1.165) is 13.1 Å². The molecule has 116 valence electrons. The quantitative estimate of drug-likeness (QED) is 0.873. The van der Waals surface area contributed by atoms with Crippen molar-refractivity contribution in [2.45, 2.75) is 50.7 Å². The van der Waals surface area contributed by atoms with Crippen LogP contribution in [0.3, 0.4) is 0 Å². The van der Waals surface area contributed by atoms with Gasteiger partial charge in [-0.25, -0.2) is 0 Å². The van der Waals surface area contributed by atoms with E-state index in [0.29, 0.717) is 18.0 Å². The van der Waals surface area contributed by atoms with E-state index in [1.165, 1.54) is 50.8 Å². The number of nitrogens with zero attached hydrogens (tertiary/aromatic N) is 1. The maximum atomic E-state index is 5.89. The lowest BCUT2D eigenvalue weighted by atomic mass is 9.99. The Morgan fingerprint density at radius 1 is 1.05 bits per heavy atom. The molecule has 0 spiro atoms. The van der Waals surface area contributed by atoms with E-state index >= 15 is 0 Å². The summed E-state index contributed by atoms with van der Waals surface area (Å²) in [5.41, 5.74) is 7.32. The molecule has 21 heavy (non-hydrogen) atoms. The van der Waals surface area contributed by atoms with Gasteiger partial charge in [0, 0.05) is 18.6 Å². The predicted molar refractivity (Wildman–Crippen MR) is 88.1 cm³/mol. The molecule has 0 aromatic heterocycles. The third-order valence-electron chi connectivity index (χ3n) is 5.25. The van der Waals surface area contributed by atoms with Crippen LogP contribution in [0, 0.1) is 5.92 Å². The van der Waals surface area contributed by atoms with Crippen LogP contribution in [0.2, 0.25) is 0 Å². The summed E-state index contributed by atoms with van der Waals surface area (Å²) >= 11 is 0. The summed E-state index contributed by atoms with van der Waals surface area (Å²) in [7, 11) is 0. The Labute approximate surface area is 128 Å². The molecule has 1 saturated heterocycles. The minimum Gasteiger partial charge on any atom is -0.330 e. The highest BCUT2D eigenvalue weighted by Gasteiger charge is 2.29. The molecule has 3 nitrogen and oxygen atoms in total. The molecule has 1 aromatic carbocycles. The first-order chi connectivity index (χ1) is 10.3. The van der Waals surface area contributed by atoms with Crippen molar-refractivity contribution in [3.8, 4) is 0 Å². The van der Waals surface area contributed by atoms with Crippen LogP contribution in [0.5, 0.6) is 0 Å². The van der Waals surface area contributed by atoms with Gasteiger partial charge < -0.3 is 11.1 Å². The van der Waals surface area contributed by atoms with Gasteiger partial charge in [-0.2, -0.15) is 0 Å². The van der Waals surface area contributed by atoms with E-state index in [1.54, 1.807) is 0 Å². The summed E-state index contributed by atoms with van der Waals surface area (Å²) in [4.78, 5) is 2.59. The van der Waals surface area contributed by atoms with Crippen LogP contribution in [-0.2, 0) is 6.54 Å². The molecule has 0 radical (unpaired) electrons. The minimum absolute atomic E-state index is 0.681. The van der Waals surface area contributed by atoms with E-state index in [9.17, 15) is 0 Å². The molecule has 3 rings (SSSR count). The number of hydrogen-bond donors (Lipinski definition) is 2. The van der Waals surface area contributed by atoms with Crippen LogP contribution in [0.4, 0.5) is 0 Å². The Balaban J connectivity index is 1.43. The SMILES string of the molecule is NCC1CCCC1NC1CCN(Cc2ccccc2)CC1. The molecule has 3 heteroatoms. The van der Waals surface area contributed by atoms with E-state index in [1.807, 2.05) is 0 Å². The third-order valence-corrected chi connectivity index (χ3v) is 5.25. The molecule has 3 N–H and O–H groups in total. The van der Waals surface area contributed by atoms with Gasteiger partial charge in [-0.15, -0.1) is 0 Å². The lowest BCUT2D eigenvalue weighted by Gasteiger charge is -2.35. The van der Waals surface area contributed by atoms with Crippen molar-refractivity contribution in [3.05, 3.63) is 35.9 Å². The van der Waals surface area contributed by atoms with Crippen molar-refractivity contribution >= 4 is 0 Å². The van der Waals surface area contributed by atoms with Crippen molar-refractivity contribution in [2.24, 2.45) is 11.7 Å². The molecule has 0 amide bonds. The molecule has 0 bridgehead atoms. The topological polar surface area (TPSA) is 41.3 Å². The Hall–Kier alpha value is -0.900. The van der Waals surface area contributed by atoms with Gasteiger partial charge in [0.1, 0.15) is 0 Å². The highest BCUT2D eigenvalue weighted by atomic mass is 15.1. The fourth-order valence-corrected chi connectivity index (χ4v) is 3.94. The molecule has 2 unspecified atom stereocenters. The highest BCUT2D eigenvalue weighted by molar-refractivity contribution is 5.14. The summed E-state index contributed by atoms with van der Waals surface area (Å²) in [5, 5.41) is 3.90. The first kappa shape index (κ1) is 15.0. The summed E-state index contributed by atoms with van der Waals surface area (Å²) in [6, 6.07) is 12.2. The van der Waals surface area contributed by atoms with Crippen LogP contribution in [0.25, 0.3) is 0 Å². The lowest BCUT2D eigenvalue weighted by Crippen LogP contribution is -2.47. The minimum atomic E-state index is 0.681. The predicted octanol–water partition coefficient (Wildman–Crippen LogP) is 2.37. The number of hydrogen-bond acceptors (Lipinski definition) is 3. The van der Waals surface area contributed by atoms with E-state index in [-0.39, 0.29) is 0 Å². The van der Waals surface area contributed by atoms with Gasteiger partial charge in [-0.3, -0.25) is 4.90 Å². The van der Waals surface area contributed by atoms with Crippen LogP contribution in [-0.4, -0.2) is 36.6 Å². The van der Waals surface area contributed by atoms with Gasteiger partial charge in [0.15, 0.2) is 0 Å². The monoisotopic (exact) mass is 287 g/mol. The van der Waals surface area contributed by atoms with Gasteiger partial charge >= 0.3 is 0 Å². The molecule has 2 aliphatic rings. The fraction of sp³-hybridized carbons (Fsp3) is 0.667. The average molecular weight is 287 g/mol. The van der Waals surface area contributed by atoms with Gasteiger partial charge in [-0.1, -0.05) is 36.8 Å². The fourth-order valence-electron chi connectivity index (χ4n) is 3.94. The Bertz CT molecular complexity index is 412. The second-order valence-corrected chi connectivity index (χ2v) is 6.74. The van der Waals surface area contributed by atoms with Crippen molar-refractivity contribution < 1.29 is 0 Å². The summed E-state index contributed by atoms with van der Waals surface area (Å²) in [6.45, 7) is 4.38. The van der Waals surface area contributed by atoms with Crippen LogP contribution >= 0.6 is 0 Å². The zero-order chi connectivity index (χ0) is 14.5. The number of nitrogens with one attached hydrogen (secondary N) is 1. The molecule has 2 fully saturated rings. The largest absolute Gasteiger partial charge is 0.330 e. The number of benzene rings is 1. The molecular formula is C18H29N3. The van der Waals surface area contributed by atoms with Crippen LogP contribution < -0.4 is 11.1 Å². The maximum Gasteiger partial charge on any atom is 0.0233 e. The third kappa shape index (κ3) is 4.06. The van der Waals surface area contributed by atoms with E-state index < -0.39 is 0 Å². The zero-order valence-corrected chi connectivity index (χ0v) is 13.0.